The van der Waals surface area contributed by atoms with Crippen LogP contribution in [-0.4, -0.2) is 26.9 Å². The van der Waals surface area contributed by atoms with Gasteiger partial charge in [-0.2, -0.15) is 5.10 Å². The zero-order valence-electron chi connectivity index (χ0n) is 11.1. The molecular formula is C13H13IN4O3. The summed E-state index contributed by atoms with van der Waals surface area (Å²) in [5.41, 5.74) is 1.02. The summed E-state index contributed by atoms with van der Waals surface area (Å²) in [5.74, 6) is -1.09. The Balaban J connectivity index is 2.01. The number of carboxylic acids is 1. The molecule has 1 aromatic carbocycles. The molecule has 2 amide bonds. The molecule has 0 aliphatic rings. The molecule has 0 saturated carbocycles. The number of carboxylic acid groups (broad SMARTS) is 1. The van der Waals surface area contributed by atoms with E-state index in [-0.39, 0.29) is 17.8 Å². The van der Waals surface area contributed by atoms with E-state index in [9.17, 15) is 9.59 Å². The fourth-order valence-electron chi connectivity index (χ4n) is 1.70. The quantitative estimate of drug-likeness (QED) is 0.685. The Morgan fingerprint density at radius 3 is 2.76 bits per heavy atom. The summed E-state index contributed by atoms with van der Waals surface area (Å²) in [5, 5.41) is 18.4. The van der Waals surface area contributed by atoms with E-state index in [0.717, 1.165) is 3.57 Å². The lowest BCUT2D eigenvalue weighted by atomic mass is 10.2. The van der Waals surface area contributed by atoms with Crippen molar-refractivity contribution in [2.24, 2.45) is 7.05 Å². The highest BCUT2D eigenvalue weighted by atomic mass is 127. The maximum absolute atomic E-state index is 11.8. The van der Waals surface area contributed by atoms with E-state index in [0.29, 0.717) is 5.69 Å². The standard InChI is InChI=1S/C13H13IN4O3/c1-18-5-4-9(17-18)7-15-13(21)16-11-3-2-8(14)6-10(11)12(19)20/h2-6H,7H2,1H3,(H,19,20)(H2,15,16,21). The molecule has 3 N–H and O–H groups in total. The van der Waals surface area contributed by atoms with Gasteiger partial charge in [0.2, 0.25) is 0 Å². The average Bonchev–Trinajstić information content (AvgIpc) is 2.84. The normalized spacial score (nSPS) is 10.2. The molecule has 0 saturated heterocycles. The summed E-state index contributed by atoms with van der Waals surface area (Å²) in [4.78, 5) is 23.0. The van der Waals surface area contributed by atoms with Crippen molar-refractivity contribution in [3.63, 3.8) is 0 Å². The molecule has 0 unspecified atom stereocenters. The second kappa shape index (κ2) is 6.57. The summed E-state index contributed by atoms with van der Waals surface area (Å²) >= 11 is 2.01. The van der Waals surface area contributed by atoms with Gasteiger partial charge in [-0.05, 0) is 46.9 Å². The SMILES string of the molecule is Cn1ccc(CNC(=O)Nc2ccc(I)cc2C(=O)O)n1. The monoisotopic (exact) mass is 400 g/mol. The van der Waals surface area contributed by atoms with Crippen molar-refractivity contribution in [2.45, 2.75) is 6.54 Å². The number of benzene rings is 1. The minimum atomic E-state index is -1.09. The molecule has 2 rings (SSSR count). The number of halogens is 1. The van der Waals surface area contributed by atoms with Crippen LogP contribution < -0.4 is 10.6 Å². The highest BCUT2D eigenvalue weighted by Crippen LogP contribution is 2.18. The lowest BCUT2D eigenvalue weighted by Gasteiger charge is -2.09. The Morgan fingerprint density at radius 1 is 1.38 bits per heavy atom. The van der Waals surface area contributed by atoms with Gasteiger partial charge >= 0.3 is 12.0 Å². The van der Waals surface area contributed by atoms with Crippen molar-refractivity contribution < 1.29 is 14.7 Å². The van der Waals surface area contributed by atoms with E-state index in [2.05, 4.69) is 15.7 Å². The highest BCUT2D eigenvalue weighted by molar-refractivity contribution is 14.1. The molecule has 0 radical (unpaired) electrons. The summed E-state index contributed by atoms with van der Waals surface area (Å²) < 4.78 is 2.42. The summed E-state index contributed by atoms with van der Waals surface area (Å²) in [7, 11) is 1.79. The minimum Gasteiger partial charge on any atom is -0.478 e. The number of nitrogens with zero attached hydrogens (tertiary/aromatic N) is 2. The minimum absolute atomic E-state index is 0.0508. The van der Waals surface area contributed by atoms with Crippen LogP contribution in [0, 0.1) is 3.57 Å². The first-order valence-electron chi connectivity index (χ1n) is 6.02. The molecule has 0 aliphatic heterocycles. The molecule has 1 aromatic heterocycles. The summed E-state index contributed by atoms with van der Waals surface area (Å²) in [6, 6.07) is 6.09. The number of hydrogen-bond acceptors (Lipinski definition) is 3. The number of nitrogens with one attached hydrogen (secondary N) is 2. The second-order valence-corrected chi connectivity index (χ2v) is 5.53. The van der Waals surface area contributed by atoms with E-state index < -0.39 is 12.0 Å². The van der Waals surface area contributed by atoms with Crippen LogP contribution in [0.15, 0.2) is 30.5 Å². The molecule has 1 heterocycles. The Labute approximate surface area is 134 Å². The van der Waals surface area contributed by atoms with Crippen LogP contribution in [-0.2, 0) is 13.6 Å². The largest absolute Gasteiger partial charge is 0.478 e. The fourth-order valence-corrected chi connectivity index (χ4v) is 2.19. The first kappa shape index (κ1) is 15.3. The molecule has 21 heavy (non-hydrogen) atoms. The van der Waals surface area contributed by atoms with Crippen LogP contribution in [0.25, 0.3) is 0 Å². The maximum atomic E-state index is 11.8. The van der Waals surface area contributed by atoms with Gasteiger partial charge in [-0.1, -0.05) is 0 Å². The first-order valence-corrected chi connectivity index (χ1v) is 7.10. The molecule has 7 nitrogen and oxygen atoms in total. The van der Waals surface area contributed by atoms with E-state index >= 15 is 0 Å². The molecule has 2 aromatic rings. The number of aryl methyl sites for hydroxylation is 1. The van der Waals surface area contributed by atoms with E-state index in [1.54, 1.807) is 36.1 Å². The third-order valence-electron chi connectivity index (χ3n) is 2.66. The van der Waals surface area contributed by atoms with Gasteiger partial charge in [0, 0.05) is 16.8 Å². The van der Waals surface area contributed by atoms with Crippen molar-refractivity contribution in [3.8, 4) is 0 Å². The van der Waals surface area contributed by atoms with Crippen molar-refractivity contribution in [2.75, 3.05) is 5.32 Å². The van der Waals surface area contributed by atoms with Gasteiger partial charge in [0.05, 0.1) is 23.5 Å². The van der Waals surface area contributed by atoms with Crippen LogP contribution in [0.4, 0.5) is 10.5 Å². The number of rotatable bonds is 4. The predicted molar refractivity (Wildman–Crippen MR) is 85.2 cm³/mol. The number of aromatic carboxylic acids is 1. The van der Waals surface area contributed by atoms with Crippen molar-refractivity contribution in [1.29, 1.82) is 0 Å². The van der Waals surface area contributed by atoms with Gasteiger partial charge in [0.25, 0.3) is 0 Å². The third-order valence-corrected chi connectivity index (χ3v) is 3.33. The molecule has 110 valence electrons. The van der Waals surface area contributed by atoms with Crippen molar-refractivity contribution >= 4 is 40.3 Å². The molecular weight excluding hydrogens is 387 g/mol. The van der Waals surface area contributed by atoms with Gasteiger partial charge in [-0.25, -0.2) is 9.59 Å². The second-order valence-electron chi connectivity index (χ2n) is 4.28. The summed E-state index contributed by atoms with van der Waals surface area (Å²) in [6.07, 6.45) is 1.77. The van der Waals surface area contributed by atoms with Crippen LogP contribution in [0.1, 0.15) is 16.1 Å². The van der Waals surface area contributed by atoms with E-state index in [1.807, 2.05) is 22.6 Å². The number of aromatic nitrogens is 2. The Hall–Kier alpha value is -2.10. The molecule has 0 fully saturated rings. The topological polar surface area (TPSA) is 96.2 Å². The van der Waals surface area contributed by atoms with Crippen LogP contribution >= 0.6 is 22.6 Å². The number of carbonyl (C=O) groups excluding carboxylic acids is 1. The lowest BCUT2D eigenvalue weighted by molar-refractivity contribution is 0.0698. The molecule has 8 heteroatoms. The zero-order chi connectivity index (χ0) is 15.4. The molecule has 0 atom stereocenters. The number of hydrogen-bond donors (Lipinski definition) is 3. The van der Waals surface area contributed by atoms with Crippen LogP contribution in [0.3, 0.4) is 0 Å². The Kier molecular flexibility index (Phi) is 4.78. The fraction of sp³-hybridized carbons (Fsp3) is 0.154. The van der Waals surface area contributed by atoms with Gasteiger partial charge in [-0.3, -0.25) is 4.68 Å². The van der Waals surface area contributed by atoms with E-state index in [1.165, 1.54) is 6.07 Å². The smallest absolute Gasteiger partial charge is 0.337 e. The maximum Gasteiger partial charge on any atom is 0.337 e. The van der Waals surface area contributed by atoms with Gasteiger partial charge in [0.15, 0.2) is 0 Å². The Morgan fingerprint density at radius 2 is 2.14 bits per heavy atom. The van der Waals surface area contributed by atoms with Crippen LogP contribution in [0.2, 0.25) is 0 Å². The Bertz CT molecular complexity index is 684. The van der Waals surface area contributed by atoms with Gasteiger partial charge in [-0.15, -0.1) is 0 Å². The highest BCUT2D eigenvalue weighted by Gasteiger charge is 2.13. The summed E-state index contributed by atoms with van der Waals surface area (Å²) in [6.45, 7) is 0.263. The molecule has 0 aliphatic carbocycles. The third kappa shape index (κ3) is 4.18. The van der Waals surface area contributed by atoms with Gasteiger partial charge in [0.1, 0.15) is 0 Å². The average molecular weight is 400 g/mol. The number of anilines is 1. The molecule has 0 bridgehead atoms. The van der Waals surface area contributed by atoms with Crippen molar-refractivity contribution in [1.82, 2.24) is 15.1 Å². The van der Waals surface area contributed by atoms with Crippen molar-refractivity contribution in [3.05, 3.63) is 45.3 Å². The van der Waals surface area contributed by atoms with Crippen LogP contribution in [0.5, 0.6) is 0 Å². The zero-order valence-corrected chi connectivity index (χ0v) is 13.3. The molecule has 0 spiro atoms. The predicted octanol–water partition coefficient (Wildman–Crippen LogP) is 2.04. The van der Waals surface area contributed by atoms with E-state index in [4.69, 9.17) is 5.11 Å². The number of urea groups is 1. The van der Waals surface area contributed by atoms with Gasteiger partial charge < -0.3 is 15.7 Å². The lowest BCUT2D eigenvalue weighted by Crippen LogP contribution is -2.29. The first-order chi connectivity index (χ1) is 9.95. The number of amides is 2. The number of carbonyl (C=O) groups is 2.